The molecule has 1 aliphatic heterocycles. The highest BCUT2D eigenvalue weighted by Crippen LogP contribution is 2.32. The SMILES string of the molecule is CCCC[C@H]1S/C(=N\N=C/c2ccc(C)cc2C)N(Cc2ccc(OC)cc2)C1=O. The Labute approximate surface area is 183 Å². The largest absolute Gasteiger partial charge is 0.497 e. The normalized spacial score (nSPS) is 18.0. The molecule has 0 bridgehead atoms. The monoisotopic (exact) mass is 423 g/mol. The Morgan fingerprint density at radius 1 is 1.17 bits per heavy atom. The lowest BCUT2D eigenvalue weighted by Gasteiger charge is -2.16. The van der Waals surface area contributed by atoms with Crippen LogP contribution in [0.5, 0.6) is 5.75 Å². The van der Waals surface area contributed by atoms with Crippen LogP contribution in [0.2, 0.25) is 0 Å². The van der Waals surface area contributed by atoms with Crippen molar-refractivity contribution in [3.8, 4) is 5.75 Å². The highest BCUT2D eigenvalue weighted by atomic mass is 32.2. The number of amides is 1. The highest BCUT2D eigenvalue weighted by molar-refractivity contribution is 8.15. The molecule has 0 N–H and O–H groups in total. The standard InChI is InChI=1S/C24H29N3O2S/c1-5-6-7-22-23(28)27(16-19-9-12-21(29-4)13-10-19)24(30-22)26-25-15-20-11-8-17(2)14-18(20)3/h8-15,22H,5-7,16H2,1-4H3/b25-15-,26-24-/t22-/m1/s1. The molecule has 6 heteroatoms. The first-order valence-corrected chi connectivity index (χ1v) is 11.2. The third kappa shape index (κ3) is 5.51. The fourth-order valence-electron chi connectivity index (χ4n) is 3.33. The number of unbranched alkanes of at least 4 members (excludes halogenated alkanes) is 1. The quantitative estimate of drug-likeness (QED) is 0.426. The Morgan fingerprint density at radius 2 is 1.93 bits per heavy atom. The maximum absolute atomic E-state index is 13.0. The van der Waals surface area contributed by atoms with Crippen LogP contribution in [0.4, 0.5) is 0 Å². The number of hydrogen-bond acceptors (Lipinski definition) is 5. The Balaban J connectivity index is 1.81. The molecule has 3 rings (SSSR count). The van der Waals surface area contributed by atoms with Crippen molar-refractivity contribution in [2.24, 2.45) is 10.2 Å². The van der Waals surface area contributed by atoms with Gasteiger partial charge in [0.1, 0.15) is 5.75 Å². The topological polar surface area (TPSA) is 54.3 Å². The highest BCUT2D eigenvalue weighted by Gasteiger charge is 2.37. The molecule has 1 aliphatic rings. The van der Waals surface area contributed by atoms with Gasteiger partial charge in [0, 0.05) is 0 Å². The van der Waals surface area contributed by atoms with Crippen molar-refractivity contribution >= 4 is 29.1 Å². The molecule has 0 aromatic heterocycles. The average molecular weight is 424 g/mol. The predicted molar refractivity (Wildman–Crippen MR) is 125 cm³/mol. The van der Waals surface area contributed by atoms with Crippen LogP contribution in [0.3, 0.4) is 0 Å². The first kappa shape index (κ1) is 22.1. The third-order valence-corrected chi connectivity index (χ3v) is 6.34. The van der Waals surface area contributed by atoms with E-state index in [9.17, 15) is 4.79 Å². The lowest BCUT2D eigenvalue weighted by Crippen LogP contribution is -2.31. The Morgan fingerprint density at radius 3 is 2.60 bits per heavy atom. The molecule has 1 amide bonds. The van der Waals surface area contributed by atoms with E-state index in [1.807, 2.05) is 30.3 Å². The van der Waals surface area contributed by atoms with Crippen molar-refractivity contribution in [1.82, 2.24) is 4.90 Å². The van der Waals surface area contributed by atoms with Crippen LogP contribution in [0.25, 0.3) is 0 Å². The minimum atomic E-state index is -0.0849. The molecule has 0 spiro atoms. The molecule has 0 saturated carbocycles. The zero-order valence-corrected chi connectivity index (χ0v) is 18.9. The van der Waals surface area contributed by atoms with Crippen molar-refractivity contribution in [2.45, 2.75) is 51.8 Å². The number of hydrogen-bond donors (Lipinski definition) is 0. The molecule has 1 atom stereocenters. The number of nitrogens with zero attached hydrogens (tertiary/aromatic N) is 3. The van der Waals surface area contributed by atoms with Gasteiger partial charge in [-0.25, -0.2) is 0 Å². The molecular formula is C24H29N3O2S. The minimum Gasteiger partial charge on any atom is -0.497 e. The van der Waals surface area contributed by atoms with E-state index in [0.717, 1.165) is 41.7 Å². The van der Waals surface area contributed by atoms with Gasteiger partial charge in [-0.2, -0.15) is 5.10 Å². The molecule has 0 unspecified atom stereocenters. The first-order chi connectivity index (χ1) is 14.5. The van der Waals surface area contributed by atoms with Crippen LogP contribution in [-0.2, 0) is 11.3 Å². The van der Waals surface area contributed by atoms with E-state index in [1.165, 1.54) is 17.3 Å². The Hall–Kier alpha value is -2.60. The number of methoxy groups -OCH3 is 1. The molecule has 1 heterocycles. The van der Waals surface area contributed by atoms with Gasteiger partial charge in [-0.3, -0.25) is 9.69 Å². The molecule has 1 fully saturated rings. The van der Waals surface area contributed by atoms with Gasteiger partial charge in [-0.1, -0.05) is 67.4 Å². The Kier molecular flexibility index (Phi) is 7.69. The molecular weight excluding hydrogens is 394 g/mol. The number of amidine groups is 1. The number of carbonyl (C=O) groups is 1. The van der Waals surface area contributed by atoms with Crippen molar-refractivity contribution in [3.63, 3.8) is 0 Å². The number of benzene rings is 2. The van der Waals surface area contributed by atoms with E-state index in [4.69, 9.17) is 4.74 Å². The Bertz CT molecular complexity index is 938. The molecule has 0 radical (unpaired) electrons. The van der Waals surface area contributed by atoms with E-state index < -0.39 is 0 Å². The summed E-state index contributed by atoms with van der Waals surface area (Å²) in [5, 5.41) is 9.32. The first-order valence-electron chi connectivity index (χ1n) is 10.3. The second-order valence-electron chi connectivity index (χ2n) is 7.51. The molecule has 1 saturated heterocycles. The zero-order valence-electron chi connectivity index (χ0n) is 18.1. The maximum atomic E-state index is 13.0. The summed E-state index contributed by atoms with van der Waals surface area (Å²) in [6.45, 7) is 6.76. The van der Waals surface area contributed by atoms with Gasteiger partial charge in [0.2, 0.25) is 5.91 Å². The summed E-state index contributed by atoms with van der Waals surface area (Å²) in [6.07, 6.45) is 4.72. The van der Waals surface area contributed by atoms with Crippen LogP contribution in [0, 0.1) is 13.8 Å². The molecule has 158 valence electrons. The minimum absolute atomic E-state index is 0.0849. The van der Waals surface area contributed by atoms with E-state index in [-0.39, 0.29) is 11.2 Å². The summed E-state index contributed by atoms with van der Waals surface area (Å²) in [5.74, 6) is 0.915. The summed E-state index contributed by atoms with van der Waals surface area (Å²) in [6, 6.07) is 14.0. The average Bonchev–Trinajstić information content (AvgIpc) is 3.03. The smallest absolute Gasteiger partial charge is 0.242 e. The van der Waals surface area contributed by atoms with Crippen molar-refractivity contribution in [2.75, 3.05) is 7.11 Å². The molecule has 2 aromatic rings. The fourth-order valence-corrected chi connectivity index (χ4v) is 4.47. The van der Waals surface area contributed by atoms with Crippen LogP contribution >= 0.6 is 11.8 Å². The molecule has 5 nitrogen and oxygen atoms in total. The van der Waals surface area contributed by atoms with Crippen LogP contribution in [0.1, 0.15) is 48.4 Å². The molecule has 0 aliphatic carbocycles. The molecule has 2 aromatic carbocycles. The number of thioether (sulfide) groups is 1. The van der Waals surface area contributed by atoms with E-state index in [0.29, 0.717) is 11.7 Å². The zero-order chi connectivity index (χ0) is 21.5. The van der Waals surface area contributed by atoms with Gasteiger partial charge in [0.25, 0.3) is 0 Å². The lowest BCUT2D eigenvalue weighted by molar-refractivity contribution is -0.126. The van der Waals surface area contributed by atoms with Gasteiger partial charge in [0.05, 0.1) is 25.1 Å². The van der Waals surface area contributed by atoms with Gasteiger partial charge in [0.15, 0.2) is 5.17 Å². The summed E-state index contributed by atoms with van der Waals surface area (Å²) >= 11 is 1.52. The summed E-state index contributed by atoms with van der Waals surface area (Å²) in [7, 11) is 1.65. The maximum Gasteiger partial charge on any atom is 0.242 e. The number of carbonyl (C=O) groups excluding carboxylic acids is 1. The van der Waals surface area contributed by atoms with Crippen LogP contribution in [0.15, 0.2) is 52.7 Å². The van der Waals surface area contributed by atoms with Gasteiger partial charge < -0.3 is 4.74 Å². The van der Waals surface area contributed by atoms with E-state index in [1.54, 1.807) is 18.2 Å². The number of aryl methyl sites for hydroxylation is 2. The summed E-state index contributed by atoms with van der Waals surface area (Å²) in [4.78, 5) is 14.8. The van der Waals surface area contributed by atoms with Crippen molar-refractivity contribution < 1.29 is 9.53 Å². The van der Waals surface area contributed by atoms with E-state index in [2.05, 4.69) is 43.1 Å². The number of ether oxygens (including phenoxy) is 1. The van der Waals surface area contributed by atoms with E-state index >= 15 is 0 Å². The summed E-state index contributed by atoms with van der Waals surface area (Å²) in [5.41, 5.74) is 4.44. The van der Waals surface area contributed by atoms with Crippen LogP contribution < -0.4 is 4.74 Å². The van der Waals surface area contributed by atoms with Crippen molar-refractivity contribution in [1.29, 1.82) is 0 Å². The summed E-state index contributed by atoms with van der Waals surface area (Å²) < 4.78 is 5.23. The third-order valence-electron chi connectivity index (χ3n) is 5.11. The fraction of sp³-hybridized carbons (Fsp3) is 0.375. The van der Waals surface area contributed by atoms with Gasteiger partial charge >= 0.3 is 0 Å². The lowest BCUT2D eigenvalue weighted by atomic mass is 10.1. The van der Waals surface area contributed by atoms with Crippen LogP contribution in [-0.4, -0.2) is 34.5 Å². The predicted octanol–water partition coefficient (Wildman–Crippen LogP) is 5.34. The number of rotatable bonds is 8. The molecule has 30 heavy (non-hydrogen) atoms. The van der Waals surface area contributed by atoms with Gasteiger partial charge in [-0.15, -0.1) is 5.10 Å². The second-order valence-corrected chi connectivity index (χ2v) is 8.68. The second kappa shape index (κ2) is 10.4. The van der Waals surface area contributed by atoms with Gasteiger partial charge in [-0.05, 0) is 49.1 Å². The van der Waals surface area contributed by atoms with Crippen molar-refractivity contribution in [3.05, 3.63) is 64.7 Å².